The van der Waals surface area contributed by atoms with Crippen molar-refractivity contribution in [2.24, 2.45) is 11.3 Å². The Kier molecular flexibility index (Phi) is 13.1. The summed E-state index contributed by atoms with van der Waals surface area (Å²) in [6.07, 6.45) is 4.97. The third kappa shape index (κ3) is 10.4. The van der Waals surface area contributed by atoms with Crippen molar-refractivity contribution in [1.82, 2.24) is 5.32 Å². The van der Waals surface area contributed by atoms with Gasteiger partial charge in [0, 0.05) is 21.0 Å². The van der Waals surface area contributed by atoms with Crippen molar-refractivity contribution < 1.29 is 19.1 Å². The number of benzene rings is 4. The first-order valence-electron chi connectivity index (χ1n) is 18.8. The number of amides is 3. The predicted molar refractivity (Wildman–Crippen MR) is 227 cm³/mol. The van der Waals surface area contributed by atoms with E-state index in [4.69, 9.17) is 4.74 Å². The number of thioether (sulfide) groups is 1. The number of anilines is 2. The number of rotatable bonds is 13. The summed E-state index contributed by atoms with van der Waals surface area (Å²) < 4.78 is 5.92. The molecule has 4 aromatic carbocycles. The fourth-order valence-electron chi connectivity index (χ4n) is 6.57. The summed E-state index contributed by atoms with van der Waals surface area (Å²) in [7, 11) is 0. The van der Waals surface area contributed by atoms with E-state index in [1.807, 2.05) is 85.8 Å². The molecule has 8 nitrogen and oxygen atoms in total. The highest BCUT2D eigenvalue weighted by atomic mass is 32.2. The van der Waals surface area contributed by atoms with Crippen LogP contribution in [-0.2, 0) is 29.0 Å². The molecule has 3 N–H and O–H groups in total. The predicted octanol–water partition coefficient (Wildman–Crippen LogP) is 10.3. The third-order valence-corrected chi connectivity index (χ3v) is 12.4. The third-order valence-electron chi connectivity index (χ3n) is 9.84. The number of nitrogens with one attached hydrogen (secondary N) is 3. The van der Waals surface area contributed by atoms with E-state index in [1.54, 1.807) is 36.4 Å². The van der Waals surface area contributed by atoms with Crippen LogP contribution in [0.25, 0.3) is 6.08 Å². The lowest BCUT2D eigenvalue weighted by molar-refractivity contribution is -0.116. The molecule has 0 radical (unpaired) electrons. The van der Waals surface area contributed by atoms with Crippen LogP contribution in [0.15, 0.2) is 120 Å². The lowest BCUT2D eigenvalue weighted by atomic mass is 9.72. The first-order chi connectivity index (χ1) is 27.0. The van der Waals surface area contributed by atoms with Gasteiger partial charge in [0.25, 0.3) is 11.8 Å². The Hall–Kier alpha value is -5.63. The van der Waals surface area contributed by atoms with E-state index < -0.39 is 17.1 Å². The zero-order valence-electron chi connectivity index (χ0n) is 32.1. The molecule has 1 aromatic heterocycles. The van der Waals surface area contributed by atoms with Gasteiger partial charge in [0.1, 0.15) is 29.1 Å². The Bertz CT molecular complexity index is 2240. The molecule has 286 valence electrons. The maximum atomic E-state index is 13.8. The van der Waals surface area contributed by atoms with E-state index in [9.17, 15) is 19.6 Å². The number of carbonyl (C=O) groups excluding carboxylic acids is 3. The quantitative estimate of drug-likeness (QED) is 0.0808. The van der Waals surface area contributed by atoms with Crippen LogP contribution in [0.2, 0.25) is 0 Å². The van der Waals surface area contributed by atoms with Gasteiger partial charge in [-0.1, -0.05) is 94.4 Å². The van der Waals surface area contributed by atoms with Crippen LogP contribution in [0.3, 0.4) is 0 Å². The van der Waals surface area contributed by atoms with E-state index >= 15 is 0 Å². The maximum absolute atomic E-state index is 13.8. The molecule has 6 rings (SSSR count). The zero-order chi connectivity index (χ0) is 39.7. The van der Waals surface area contributed by atoms with Gasteiger partial charge in [0.15, 0.2) is 0 Å². The molecule has 0 bridgehead atoms. The highest BCUT2D eigenvalue weighted by molar-refractivity contribution is 8.00. The fourth-order valence-corrected chi connectivity index (χ4v) is 8.86. The number of hydrogen-bond donors (Lipinski definition) is 3. The minimum absolute atomic E-state index is 0.0569. The summed E-state index contributed by atoms with van der Waals surface area (Å²) in [4.78, 5) is 42.7. The second kappa shape index (κ2) is 18.3. The van der Waals surface area contributed by atoms with E-state index in [0.29, 0.717) is 52.1 Å². The molecule has 56 heavy (non-hydrogen) atoms. The number of nitriles is 1. The summed E-state index contributed by atoms with van der Waals surface area (Å²) in [5, 5.41) is 19.1. The van der Waals surface area contributed by atoms with Crippen molar-refractivity contribution in [1.29, 1.82) is 5.26 Å². The molecule has 5 aromatic rings. The first-order valence-corrected chi connectivity index (χ1v) is 20.5. The minimum atomic E-state index is -0.509. The highest BCUT2D eigenvalue weighted by Crippen LogP contribution is 2.44. The van der Waals surface area contributed by atoms with E-state index in [1.165, 1.54) is 28.0 Å². The molecule has 1 aliphatic carbocycles. The van der Waals surface area contributed by atoms with Gasteiger partial charge >= 0.3 is 0 Å². The van der Waals surface area contributed by atoms with Gasteiger partial charge in [0.05, 0.1) is 10.8 Å². The molecule has 0 saturated heterocycles. The number of ether oxygens (including phenoxy) is 1. The van der Waals surface area contributed by atoms with Crippen molar-refractivity contribution in [3.05, 3.63) is 148 Å². The first kappa shape index (κ1) is 40.0. The Morgan fingerprint density at radius 1 is 0.946 bits per heavy atom. The summed E-state index contributed by atoms with van der Waals surface area (Å²) in [6, 6.07) is 35.5. The van der Waals surface area contributed by atoms with E-state index in [0.717, 1.165) is 35.3 Å². The van der Waals surface area contributed by atoms with Crippen LogP contribution >= 0.6 is 23.1 Å². The normalized spacial score (nSPS) is 14.5. The smallest absolute Gasteiger partial charge is 0.272 e. The average Bonchev–Trinajstić information content (AvgIpc) is 3.56. The Morgan fingerprint density at radius 3 is 2.34 bits per heavy atom. The van der Waals surface area contributed by atoms with Gasteiger partial charge in [-0.2, -0.15) is 5.26 Å². The second-order valence-electron chi connectivity index (χ2n) is 14.8. The molecular weight excluding hydrogens is 737 g/mol. The standard InChI is InChI=1S/C46H46N4O4S2/c1-5-40(44(53)50-45-38(28-47)37-24-21-33(46(2,3)4)26-41(37)56-45)55-36-18-12-17-34(27-36)48-43(52)39(49-42(51)32-15-10-7-11-16-32)25-30-19-22-35(23-20-30)54-29-31-13-8-6-9-14-31/h6-20,22-23,25,27,33,40H,5,21,24,26,29H2,1-4H3,(H,48,52)(H,49,51)(H,50,53)/b39-25+. The van der Waals surface area contributed by atoms with Crippen molar-refractivity contribution in [2.75, 3.05) is 10.6 Å². The van der Waals surface area contributed by atoms with Crippen LogP contribution in [0.4, 0.5) is 10.7 Å². The Morgan fingerprint density at radius 2 is 1.66 bits per heavy atom. The minimum Gasteiger partial charge on any atom is -0.489 e. The second-order valence-corrected chi connectivity index (χ2v) is 17.2. The molecule has 3 amide bonds. The van der Waals surface area contributed by atoms with Crippen LogP contribution in [0, 0.1) is 22.7 Å². The summed E-state index contributed by atoms with van der Waals surface area (Å²) in [6.45, 7) is 9.16. The van der Waals surface area contributed by atoms with Crippen LogP contribution < -0.4 is 20.7 Å². The summed E-state index contributed by atoms with van der Waals surface area (Å²) >= 11 is 2.93. The topological polar surface area (TPSA) is 120 Å². The molecule has 0 spiro atoms. The number of thiophene rings is 1. The summed E-state index contributed by atoms with van der Waals surface area (Å²) in [5.41, 5.74) is 4.56. The van der Waals surface area contributed by atoms with Gasteiger partial charge < -0.3 is 20.7 Å². The number of fused-ring (bicyclic) bond motifs is 1. The molecule has 0 saturated carbocycles. The summed E-state index contributed by atoms with van der Waals surface area (Å²) in [5.74, 6) is 0.105. The average molecular weight is 783 g/mol. The van der Waals surface area contributed by atoms with Crippen LogP contribution in [0.1, 0.15) is 78.0 Å². The lowest BCUT2D eigenvalue weighted by Gasteiger charge is -2.33. The number of carbonyl (C=O) groups is 3. The SMILES string of the molecule is CCC(Sc1cccc(NC(=O)/C(=C\c2ccc(OCc3ccccc3)cc2)NC(=O)c2ccccc2)c1)C(=O)Nc1sc2c(c1C#N)CCC(C(C)(C)C)C2. The van der Waals surface area contributed by atoms with Crippen LogP contribution in [-0.4, -0.2) is 23.0 Å². The van der Waals surface area contributed by atoms with Gasteiger partial charge in [-0.25, -0.2) is 0 Å². The molecule has 0 fully saturated rings. The number of nitrogens with zero attached hydrogens (tertiary/aromatic N) is 1. The number of hydrogen-bond acceptors (Lipinski definition) is 7. The molecule has 0 aliphatic heterocycles. The van der Waals surface area contributed by atoms with Crippen molar-refractivity contribution >= 4 is 57.6 Å². The Labute approximate surface area is 337 Å². The van der Waals surface area contributed by atoms with E-state index in [2.05, 4.69) is 42.8 Å². The van der Waals surface area contributed by atoms with Crippen molar-refractivity contribution in [2.45, 2.75) is 70.1 Å². The Balaban J connectivity index is 1.15. The molecule has 2 atom stereocenters. The maximum Gasteiger partial charge on any atom is 0.272 e. The van der Waals surface area contributed by atoms with Gasteiger partial charge in [-0.05, 0) is 102 Å². The molecule has 1 aliphatic rings. The monoisotopic (exact) mass is 782 g/mol. The highest BCUT2D eigenvalue weighted by Gasteiger charge is 2.33. The van der Waals surface area contributed by atoms with Gasteiger partial charge in [-0.15, -0.1) is 23.1 Å². The van der Waals surface area contributed by atoms with Gasteiger partial charge in [-0.3, -0.25) is 14.4 Å². The van der Waals surface area contributed by atoms with Gasteiger partial charge in [0.2, 0.25) is 5.91 Å². The van der Waals surface area contributed by atoms with Crippen molar-refractivity contribution in [3.8, 4) is 11.8 Å². The fraction of sp³-hybridized carbons (Fsp3) is 0.261. The largest absolute Gasteiger partial charge is 0.489 e. The van der Waals surface area contributed by atoms with Crippen LogP contribution in [0.5, 0.6) is 5.75 Å². The molecule has 1 heterocycles. The molecule has 2 unspecified atom stereocenters. The lowest BCUT2D eigenvalue weighted by Crippen LogP contribution is -2.30. The zero-order valence-corrected chi connectivity index (χ0v) is 33.7. The van der Waals surface area contributed by atoms with E-state index in [-0.39, 0.29) is 17.0 Å². The molecule has 10 heteroatoms. The molecular formula is C46H46N4O4S2. The van der Waals surface area contributed by atoms with Crippen molar-refractivity contribution in [3.63, 3.8) is 0 Å².